The fourth-order valence-electron chi connectivity index (χ4n) is 2.48. The fourth-order valence-corrected chi connectivity index (χ4v) is 4.08. The summed E-state index contributed by atoms with van der Waals surface area (Å²) in [7, 11) is -10.4. The standard InChI is InChI=1S/C10H15N5O10P2.Na.H/c11-8-5-9(13-2-12-8)15(3-14-5)10-7(17)6(16)4(24-10)1-23-27(21,22)25-26(18,19)20;;/h2-4,6-7,10,16-17H,1H2,(H,21,22)(H2,11,12,13)(H2,18,19,20);;/q;+1;-1/t4-,6-,7-,10-;;/m1../s1. The van der Waals surface area contributed by atoms with E-state index in [9.17, 15) is 24.2 Å². The SMILES string of the molecule is Nc1ncnc2c1ncn2[C@@H]1O[C@H](COP(=O)(O)OP(=O)(O)O)[C@@H](O)[C@H]1O.[H-].[Na+]. The topological polar surface area (TPSA) is 233 Å². The van der Waals surface area contributed by atoms with E-state index in [-0.39, 0.29) is 48.0 Å². The van der Waals surface area contributed by atoms with Crippen LogP contribution >= 0.6 is 15.6 Å². The number of nitrogen functional groups attached to an aromatic ring is 1. The molecule has 2 aromatic heterocycles. The number of nitrogens with two attached hydrogens (primary N) is 1. The molecule has 0 saturated carbocycles. The Bertz CT molecular complexity index is 945. The number of ether oxygens (including phenoxy) is 1. The minimum absolute atomic E-state index is 0. The molecule has 152 valence electrons. The van der Waals surface area contributed by atoms with Crippen LogP contribution in [0.15, 0.2) is 12.7 Å². The predicted octanol–water partition coefficient (Wildman–Crippen LogP) is -4.63. The molecule has 18 heteroatoms. The van der Waals surface area contributed by atoms with Gasteiger partial charge in [-0.25, -0.2) is 24.1 Å². The van der Waals surface area contributed by atoms with Gasteiger partial charge in [-0.15, -0.1) is 0 Å². The van der Waals surface area contributed by atoms with Crippen molar-refractivity contribution >= 4 is 32.6 Å². The van der Waals surface area contributed by atoms with Gasteiger partial charge in [0.05, 0.1) is 12.9 Å². The van der Waals surface area contributed by atoms with Crippen molar-refractivity contribution < 1.29 is 78.6 Å². The van der Waals surface area contributed by atoms with Gasteiger partial charge in [-0.2, -0.15) is 4.31 Å². The van der Waals surface area contributed by atoms with Gasteiger partial charge in [-0.1, -0.05) is 0 Å². The molecule has 0 radical (unpaired) electrons. The van der Waals surface area contributed by atoms with E-state index in [1.54, 1.807) is 0 Å². The predicted molar refractivity (Wildman–Crippen MR) is 85.7 cm³/mol. The normalized spacial score (nSPS) is 27.5. The maximum absolute atomic E-state index is 11.5. The Morgan fingerprint density at radius 1 is 1.21 bits per heavy atom. The van der Waals surface area contributed by atoms with Crippen molar-refractivity contribution in [2.24, 2.45) is 0 Å². The Morgan fingerprint density at radius 2 is 1.89 bits per heavy atom. The van der Waals surface area contributed by atoms with E-state index in [4.69, 9.17) is 20.3 Å². The summed E-state index contributed by atoms with van der Waals surface area (Å²) in [4.78, 5) is 38.1. The van der Waals surface area contributed by atoms with Gasteiger partial charge >= 0.3 is 45.2 Å². The number of aliphatic hydroxyl groups is 2. The van der Waals surface area contributed by atoms with Crippen LogP contribution in [0.2, 0.25) is 0 Å². The molecule has 0 amide bonds. The summed E-state index contributed by atoms with van der Waals surface area (Å²) in [5, 5.41) is 20.3. The van der Waals surface area contributed by atoms with Gasteiger partial charge in [0, 0.05) is 0 Å². The number of nitrogens with zero attached hydrogens (tertiary/aromatic N) is 4. The van der Waals surface area contributed by atoms with E-state index in [0.717, 1.165) is 6.33 Å². The quantitative estimate of drug-likeness (QED) is 0.179. The second kappa shape index (κ2) is 8.70. The Hall–Kier alpha value is -0.510. The van der Waals surface area contributed by atoms with Crippen molar-refractivity contribution in [3.05, 3.63) is 12.7 Å². The molecule has 1 saturated heterocycles. The summed E-state index contributed by atoms with van der Waals surface area (Å²) in [6, 6.07) is 0. The van der Waals surface area contributed by atoms with Gasteiger partial charge in [0.1, 0.15) is 30.2 Å². The molecule has 0 bridgehead atoms. The maximum Gasteiger partial charge on any atom is 1.00 e. The summed E-state index contributed by atoms with van der Waals surface area (Å²) in [6.07, 6.45) is -3.20. The Morgan fingerprint density at radius 3 is 2.54 bits per heavy atom. The zero-order chi connectivity index (χ0) is 20.0. The number of aliphatic hydroxyl groups excluding tert-OH is 2. The van der Waals surface area contributed by atoms with Gasteiger partial charge in [-0.3, -0.25) is 9.09 Å². The number of phosphoric acid groups is 2. The van der Waals surface area contributed by atoms with Crippen LogP contribution in [0.25, 0.3) is 11.2 Å². The molecule has 15 nitrogen and oxygen atoms in total. The number of anilines is 1. The van der Waals surface area contributed by atoms with E-state index >= 15 is 0 Å². The molecule has 1 aliphatic rings. The third-order valence-electron chi connectivity index (χ3n) is 3.61. The Balaban J connectivity index is 0.00000210. The first kappa shape index (κ1) is 23.8. The summed E-state index contributed by atoms with van der Waals surface area (Å²) < 4.78 is 36.8. The van der Waals surface area contributed by atoms with Crippen molar-refractivity contribution in [3.8, 4) is 0 Å². The second-order valence-electron chi connectivity index (χ2n) is 5.47. The zero-order valence-corrected chi connectivity index (χ0v) is 18.0. The molecule has 3 rings (SSSR count). The van der Waals surface area contributed by atoms with Gasteiger partial charge < -0.3 is 36.8 Å². The van der Waals surface area contributed by atoms with Crippen molar-refractivity contribution in [1.82, 2.24) is 19.5 Å². The van der Waals surface area contributed by atoms with E-state index in [2.05, 4.69) is 23.8 Å². The van der Waals surface area contributed by atoms with E-state index in [1.165, 1.54) is 10.9 Å². The molecule has 1 fully saturated rings. The molecule has 5 atom stereocenters. The third kappa shape index (κ3) is 5.15. The Labute approximate surface area is 180 Å². The second-order valence-corrected chi connectivity index (χ2v) is 8.30. The van der Waals surface area contributed by atoms with Gasteiger partial charge in [0.15, 0.2) is 17.7 Å². The number of hydrogen-bond acceptors (Lipinski definition) is 11. The van der Waals surface area contributed by atoms with Crippen LogP contribution in [-0.4, -0.2) is 69.3 Å². The first-order valence-electron chi connectivity index (χ1n) is 7.17. The monoisotopic (exact) mass is 451 g/mol. The number of fused-ring (bicyclic) bond motifs is 1. The smallest absolute Gasteiger partial charge is 1.00 e. The van der Waals surface area contributed by atoms with Crippen LogP contribution in [0.1, 0.15) is 7.65 Å². The molecule has 28 heavy (non-hydrogen) atoms. The van der Waals surface area contributed by atoms with Gasteiger partial charge in [0.2, 0.25) is 0 Å². The Kier molecular flexibility index (Phi) is 7.38. The average Bonchev–Trinajstić information content (AvgIpc) is 3.07. The number of rotatable bonds is 6. The number of aromatic nitrogens is 4. The van der Waals surface area contributed by atoms with Crippen molar-refractivity contribution in [2.75, 3.05) is 12.3 Å². The number of phosphoric ester groups is 1. The van der Waals surface area contributed by atoms with Crippen molar-refractivity contribution in [2.45, 2.75) is 24.5 Å². The van der Waals surface area contributed by atoms with Crippen LogP contribution < -0.4 is 35.3 Å². The maximum atomic E-state index is 11.5. The summed E-state index contributed by atoms with van der Waals surface area (Å²) in [5.74, 6) is 0.0856. The molecular formula is C10H16N5NaO10P2. The van der Waals surface area contributed by atoms with E-state index in [1.807, 2.05) is 0 Å². The minimum atomic E-state index is -5.29. The van der Waals surface area contributed by atoms with Gasteiger partial charge in [-0.05, 0) is 0 Å². The van der Waals surface area contributed by atoms with Crippen molar-refractivity contribution in [1.29, 1.82) is 0 Å². The molecular weight excluding hydrogens is 435 g/mol. The largest absolute Gasteiger partial charge is 1.00 e. The van der Waals surface area contributed by atoms with Crippen LogP contribution in [-0.2, 0) is 22.7 Å². The molecule has 1 aliphatic heterocycles. The van der Waals surface area contributed by atoms with Gasteiger partial charge in [0.25, 0.3) is 0 Å². The fraction of sp³-hybridized carbons (Fsp3) is 0.500. The van der Waals surface area contributed by atoms with Crippen LogP contribution in [0.5, 0.6) is 0 Å². The molecule has 1 unspecified atom stereocenters. The number of hydrogen-bond donors (Lipinski definition) is 6. The van der Waals surface area contributed by atoms with Crippen LogP contribution in [0, 0.1) is 0 Å². The molecule has 7 N–H and O–H groups in total. The molecule has 2 aromatic rings. The summed E-state index contributed by atoms with van der Waals surface area (Å²) >= 11 is 0. The van der Waals surface area contributed by atoms with E-state index < -0.39 is 46.8 Å². The average molecular weight is 451 g/mol. The van der Waals surface area contributed by atoms with E-state index in [0.29, 0.717) is 0 Å². The molecule has 0 spiro atoms. The molecule has 0 aliphatic carbocycles. The third-order valence-corrected chi connectivity index (χ3v) is 5.76. The summed E-state index contributed by atoms with van der Waals surface area (Å²) in [6.45, 7) is -0.813. The first-order valence-corrected chi connectivity index (χ1v) is 10.2. The number of imidazole rings is 1. The van der Waals surface area contributed by atoms with Crippen LogP contribution in [0.4, 0.5) is 5.82 Å². The summed E-state index contributed by atoms with van der Waals surface area (Å²) in [5.41, 5.74) is 6.11. The van der Waals surface area contributed by atoms with Crippen molar-refractivity contribution in [3.63, 3.8) is 0 Å². The minimum Gasteiger partial charge on any atom is -1.00 e. The molecule has 0 aromatic carbocycles. The van der Waals surface area contributed by atoms with Crippen LogP contribution in [0.3, 0.4) is 0 Å². The zero-order valence-electron chi connectivity index (χ0n) is 15.2. The molecule has 3 heterocycles. The first-order chi connectivity index (χ1) is 12.5.